The van der Waals surface area contributed by atoms with E-state index in [1.54, 1.807) is 0 Å². The first kappa shape index (κ1) is 18.8. The second-order valence-electron chi connectivity index (χ2n) is 4.38. The number of carbonyl (C=O) groups is 1. The molecule has 0 amide bonds. The van der Waals surface area contributed by atoms with Gasteiger partial charge in [-0.2, -0.15) is 0 Å². The molecule has 104 valence electrons. The van der Waals surface area contributed by atoms with Gasteiger partial charge in [-0.1, -0.05) is 58.3 Å². The smallest absolute Gasteiger partial charge is 0.305 e. The lowest BCUT2D eigenvalue weighted by Gasteiger charge is -2.02. The normalized spacial score (nSPS) is 9.76. The van der Waals surface area contributed by atoms with Crippen LogP contribution in [-0.2, 0) is 9.53 Å². The molecular weight excluding hydrogens is 216 g/mol. The molecule has 0 aliphatic carbocycles. The molecule has 17 heavy (non-hydrogen) atoms. The fourth-order valence-corrected chi connectivity index (χ4v) is 1.81. The summed E-state index contributed by atoms with van der Waals surface area (Å²) in [4.78, 5) is 11.0. The van der Waals surface area contributed by atoms with Gasteiger partial charge >= 0.3 is 5.97 Å². The van der Waals surface area contributed by atoms with E-state index in [1.807, 2.05) is 6.92 Å². The third kappa shape index (κ3) is 15.4. The summed E-state index contributed by atoms with van der Waals surface area (Å²) in [5, 5.41) is 0. The number of carbonyl (C=O) groups excluding carboxylic acids is 1. The van der Waals surface area contributed by atoms with Crippen LogP contribution in [0.1, 0.15) is 78.1 Å². The molecule has 0 bridgehead atoms. The van der Waals surface area contributed by atoms with E-state index in [-0.39, 0.29) is 11.4 Å². The topological polar surface area (TPSA) is 57.8 Å². The molecule has 3 nitrogen and oxygen atoms in total. The lowest BCUT2D eigenvalue weighted by Crippen LogP contribution is -2.03. The van der Waals surface area contributed by atoms with Crippen molar-refractivity contribution < 1.29 is 15.0 Å². The summed E-state index contributed by atoms with van der Waals surface area (Å²) in [5.74, 6) is -0.0366. The van der Waals surface area contributed by atoms with Gasteiger partial charge in [0.25, 0.3) is 0 Å². The Morgan fingerprint density at radius 2 is 1.29 bits per heavy atom. The van der Waals surface area contributed by atoms with Crippen molar-refractivity contribution in [2.45, 2.75) is 78.1 Å². The molecule has 2 N–H and O–H groups in total. The molecule has 3 heteroatoms. The van der Waals surface area contributed by atoms with Gasteiger partial charge in [0.1, 0.15) is 0 Å². The van der Waals surface area contributed by atoms with Crippen LogP contribution in [0.2, 0.25) is 0 Å². The van der Waals surface area contributed by atoms with Gasteiger partial charge in [-0.25, -0.2) is 0 Å². The number of esters is 1. The molecule has 0 spiro atoms. The van der Waals surface area contributed by atoms with E-state index in [4.69, 9.17) is 4.74 Å². The Balaban J connectivity index is 0. The summed E-state index contributed by atoms with van der Waals surface area (Å²) >= 11 is 0. The molecular formula is C14H30O3. The summed E-state index contributed by atoms with van der Waals surface area (Å²) in [6.45, 7) is 4.61. The van der Waals surface area contributed by atoms with E-state index < -0.39 is 0 Å². The monoisotopic (exact) mass is 246 g/mol. The molecule has 0 aromatic rings. The zero-order chi connectivity index (χ0) is 12.1. The average Bonchev–Trinajstić information content (AvgIpc) is 2.27. The largest absolute Gasteiger partial charge is 0.466 e. The van der Waals surface area contributed by atoms with Crippen LogP contribution < -0.4 is 0 Å². The van der Waals surface area contributed by atoms with Crippen LogP contribution in [0.4, 0.5) is 0 Å². The average molecular weight is 246 g/mol. The van der Waals surface area contributed by atoms with Crippen molar-refractivity contribution in [1.82, 2.24) is 0 Å². The molecule has 0 saturated carbocycles. The van der Waals surface area contributed by atoms with E-state index in [9.17, 15) is 4.79 Å². The van der Waals surface area contributed by atoms with E-state index in [1.165, 1.54) is 51.4 Å². The van der Waals surface area contributed by atoms with Crippen LogP contribution in [0.3, 0.4) is 0 Å². The van der Waals surface area contributed by atoms with Crippen molar-refractivity contribution in [2.75, 3.05) is 6.61 Å². The molecule has 0 saturated heterocycles. The molecule has 0 unspecified atom stereocenters. The Bertz CT molecular complexity index is 158. The van der Waals surface area contributed by atoms with Gasteiger partial charge in [0.2, 0.25) is 0 Å². The molecule has 0 rings (SSSR count). The number of hydrogen-bond donors (Lipinski definition) is 0. The van der Waals surface area contributed by atoms with Crippen LogP contribution in [-0.4, -0.2) is 18.1 Å². The van der Waals surface area contributed by atoms with E-state index >= 15 is 0 Å². The standard InChI is InChI=1S/C14H28O2.H2O/c1-3-5-6-7-8-9-10-11-12-13-14(15)16-4-2;/h3-13H2,1-2H3;1H2. The SMILES string of the molecule is CCCCCCCCCCCC(=O)OCC.O. The number of hydrogen-bond acceptors (Lipinski definition) is 2. The predicted octanol–water partition coefficient (Wildman–Crippen LogP) is 3.65. The highest BCUT2D eigenvalue weighted by Crippen LogP contribution is 2.10. The molecule has 0 aliphatic rings. The fourth-order valence-electron chi connectivity index (χ4n) is 1.81. The van der Waals surface area contributed by atoms with E-state index in [0.29, 0.717) is 13.0 Å². The Hall–Kier alpha value is -0.570. The summed E-state index contributed by atoms with van der Waals surface area (Å²) in [7, 11) is 0. The second kappa shape index (κ2) is 15.4. The second-order valence-corrected chi connectivity index (χ2v) is 4.38. The van der Waals surface area contributed by atoms with Crippen LogP contribution in [0.15, 0.2) is 0 Å². The first-order chi connectivity index (χ1) is 7.81. The number of ether oxygens (including phenoxy) is 1. The van der Waals surface area contributed by atoms with E-state index in [0.717, 1.165) is 6.42 Å². The summed E-state index contributed by atoms with van der Waals surface area (Å²) in [6, 6.07) is 0. The van der Waals surface area contributed by atoms with Gasteiger partial charge in [0.05, 0.1) is 6.61 Å². The lowest BCUT2D eigenvalue weighted by atomic mass is 10.1. The highest BCUT2D eigenvalue weighted by molar-refractivity contribution is 5.69. The Labute approximate surface area is 106 Å². The zero-order valence-corrected chi connectivity index (χ0v) is 11.6. The Morgan fingerprint density at radius 1 is 0.824 bits per heavy atom. The highest BCUT2D eigenvalue weighted by Gasteiger charge is 2.00. The van der Waals surface area contributed by atoms with Gasteiger partial charge in [0.15, 0.2) is 0 Å². The molecule has 0 fully saturated rings. The summed E-state index contributed by atoms with van der Waals surface area (Å²) < 4.78 is 4.87. The van der Waals surface area contributed by atoms with Gasteiger partial charge in [0, 0.05) is 6.42 Å². The van der Waals surface area contributed by atoms with Gasteiger partial charge in [-0.3, -0.25) is 4.79 Å². The maximum absolute atomic E-state index is 11.0. The molecule has 0 aromatic carbocycles. The third-order valence-corrected chi connectivity index (χ3v) is 2.79. The first-order valence-corrected chi connectivity index (χ1v) is 6.96. The summed E-state index contributed by atoms with van der Waals surface area (Å²) in [6.07, 6.45) is 12.2. The minimum atomic E-state index is -0.0366. The van der Waals surface area contributed by atoms with Crippen LogP contribution in [0.25, 0.3) is 0 Å². The maximum Gasteiger partial charge on any atom is 0.305 e. The quantitative estimate of drug-likeness (QED) is 0.413. The Kier molecular flexibility index (Phi) is 17.1. The highest BCUT2D eigenvalue weighted by atomic mass is 16.5. The minimum Gasteiger partial charge on any atom is -0.466 e. The lowest BCUT2D eigenvalue weighted by molar-refractivity contribution is -0.143. The van der Waals surface area contributed by atoms with Crippen molar-refractivity contribution in [2.24, 2.45) is 0 Å². The van der Waals surface area contributed by atoms with Crippen molar-refractivity contribution in [1.29, 1.82) is 0 Å². The fraction of sp³-hybridized carbons (Fsp3) is 0.929. The van der Waals surface area contributed by atoms with Crippen LogP contribution in [0, 0.1) is 0 Å². The zero-order valence-electron chi connectivity index (χ0n) is 11.6. The maximum atomic E-state index is 11.0. The third-order valence-electron chi connectivity index (χ3n) is 2.79. The van der Waals surface area contributed by atoms with Crippen molar-refractivity contribution >= 4 is 5.97 Å². The minimum absolute atomic E-state index is 0. The van der Waals surface area contributed by atoms with Crippen molar-refractivity contribution in [3.8, 4) is 0 Å². The van der Waals surface area contributed by atoms with Gasteiger partial charge < -0.3 is 10.2 Å². The number of rotatable bonds is 11. The van der Waals surface area contributed by atoms with Crippen LogP contribution >= 0.6 is 0 Å². The van der Waals surface area contributed by atoms with Crippen molar-refractivity contribution in [3.63, 3.8) is 0 Å². The van der Waals surface area contributed by atoms with Crippen LogP contribution in [0.5, 0.6) is 0 Å². The number of unbranched alkanes of at least 4 members (excludes halogenated alkanes) is 8. The Morgan fingerprint density at radius 3 is 1.76 bits per heavy atom. The molecule has 0 heterocycles. The summed E-state index contributed by atoms with van der Waals surface area (Å²) in [5.41, 5.74) is 0. The first-order valence-electron chi connectivity index (χ1n) is 6.96. The van der Waals surface area contributed by atoms with Gasteiger partial charge in [-0.05, 0) is 13.3 Å². The van der Waals surface area contributed by atoms with E-state index in [2.05, 4.69) is 6.92 Å². The predicted molar refractivity (Wildman–Crippen MR) is 72.1 cm³/mol. The molecule has 0 radical (unpaired) electrons. The van der Waals surface area contributed by atoms with Gasteiger partial charge in [-0.15, -0.1) is 0 Å². The molecule has 0 aromatic heterocycles. The van der Waals surface area contributed by atoms with Crippen molar-refractivity contribution in [3.05, 3.63) is 0 Å². The molecule has 0 aliphatic heterocycles. The molecule has 0 atom stereocenters.